The van der Waals surface area contributed by atoms with Crippen LogP contribution in [0.1, 0.15) is 52.9 Å². The largest absolute Gasteiger partial charge is 0.347 e. The quantitative estimate of drug-likeness (QED) is 0.385. The monoisotopic (exact) mass is 296 g/mol. The number of hydrogen-bond donors (Lipinski definition) is 3. The minimum absolute atomic E-state index is 0.0877. The fourth-order valence-corrected chi connectivity index (χ4v) is 2.90. The summed E-state index contributed by atoms with van der Waals surface area (Å²) in [6.45, 7) is 5.47. The number of nitrogens with two attached hydrogens (primary N) is 2. The molecule has 21 heavy (non-hydrogen) atoms. The molecule has 0 saturated heterocycles. The van der Waals surface area contributed by atoms with Crippen LogP contribution in [0, 0.1) is 11.8 Å². The van der Waals surface area contributed by atoms with Crippen LogP contribution in [0.4, 0.5) is 0 Å². The van der Waals surface area contributed by atoms with E-state index < -0.39 is 6.04 Å². The number of hydrazone groups is 1. The first-order chi connectivity index (χ1) is 9.86. The molecule has 1 fully saturated rings. The first-order valence-electron chi connectivity index (χ1n) is 7.71. The zero-order chi connectivity index (χ0) is 16.0. The van der Waals surface area contributed by atoms with Crippen molar-refractivity contribution in [1.82, 2.24) is 5.32 Å². The van der Waals surface area contributed by atoms with Crippen LogP contribution in [0.15, 0.2) is 5.10 Å². The Morgan fingerprint density at radius 1 is 1.29 bits per heavy atom. The molecule has 120 valence electrons. The number of Topliss-reactive ketones (excluding diaryl/α,β-unsaturated/α-hetero) is 1. The lowest BCUT2D eigenvalue weighted by Gasteiger charge is -2.30. The minimum atomic E-state index is -0.436. The van der Waals surface area contributed by atoms with Crippen molar-refractivity contribution in [3.8, 4) is 0 Å². The molecule has 3 atom stereocenters. The van der Waals surface area contributed by atoms with E-state index in [1.807, 2.05) is 13.8 Å². The van der Waals surface area contributed by atoms with Crippen LogP contribution in [-0.4, -0.2) is 29.5 Å². The number of carbonyl (C=O) groups excluding carboxylic acids is 2. The van der Waals surface area contributed by atoms with Gasteiger partial charge in [0, 0.05) is 13.0 Å². The highest BCUT2D eigenvalue weighted by molar-refractivity contribution is 6.41. The first kappa shape index (κ1) is 17.6. The summed E-state index contributed by atoms with van der Waals surface area (Å²) >= 11 is 0. The second-order valence-electron chi connectivity index (χ2n) is 6.32. The number of hydrogen-bond acceptors (Lipinski definition) is 5. The molecule has 6 nitrogen and oxygen atoms in total. The van der Waals surface area contributed by atoms with Gasteiger partial charge in [-0.15, -0.1) is 0 Å². The number of carbonyl (C=O) groups is 2. The molecule has 0 heterocycles. The van der Waals surface area contributed by atoms with Gasteiger partial charge in [0.2, 0.25) is 5.91 Å². The molecule has 1 saturated carbocycles. The molecule has 1 amide bonds. The average molecular weight is 296 g/mol. The highest BCUT2D eigenvalue weighted by Crippen LogP contribution is 2.23. The van der Waals surface area contributed by atoms with E-state index in [1.165, 1.54) is 6.92 Å². The third-order valence-electron chi connectivity index (χ3n) is 4.01. The van der Waals surface area contributed by atoms with Crippen molar-refractivity contribution < 1.29 is 9.59 Å². The molecule has 0 aromatic carbocycles. The van der Waals surface area contributed by atoms with Gasteiger partial charge in [-0.2, -0.15) is 5.10 Å². The Kier molecular flexibility index (Phi) is 6.81. The molecule has 0 radical (unpaired) electrons. The fraction of sp³-hybridized carbons (Fsp3) is 0.800. The van der Waals surface area contributed by atoms with Gasteiger partial charge in [0.25, 0.3) is 0 Å². The van der Waals surface area contributed by atoms with E-state index in [1.54, 1.807) is 0 Å². The highest BCUT2D eigenvalue weighted by atomic mass is 16.2. The normalized spacial score (nSPS) is 24.7. The third kappa shape index (κ3) is 5.12. The molecular formula is C15H28N4O2. The van der Waals surface area contributed by atoms with Crippen molar-refractivity contribution in [2.45, 2.75) is 65.0 Å². The van der Waals surface area contributed by atoms with E-state index in [-0.39, 0.29) is 29.4 Å². The summed E-state index contributed by atoms with van der Waals surface area (Å²) in [7, 11) is 0. The predicted octanol–water partition coefficient (Wildman–Crippen LogP) is 0.938. The van der Waals surface area contributed by atoms with E-state index in [0.29, 0.717) is 12.3 Å². The van der Waals surface area contributed by atoms with Crippen molar-refractivity contribution in [2.75, 3.05) is 0 Å². The number of ketones is 1. The van der Waals surface area contributed by atoms with Gasteiger partial charge < -0.3 is 16.9 Å². The Hall–Kier alpha value is -1.43. The fourth-order valence-electron chi connectivity index (χ4n) is 2.90. The topological polar surface area (TPSA) is 111 Å². The molecule has 5 N–H and O–H groups in total. The molecule has 1 aliphatic rings. The molecule has 0 aromatic heterocycles. The molecular weight excluding hydrogens is 268 g/mol. The second-order valence-corrected chi connectivity index (χ2v) is 6.32. The van der Waals surface area contributed by atoms with Gasteiger partial charge in [-0.1, -0.05) is 26.7 Å². The lowest BCUT2D eigenvalue weighted by molar-refractivity contribution is -0.126. The maximum Gasteiger partial charge on any atom is 0.225 e. The van der Waals surface area contributed by atoms with Crippen molar-refractivity contribution in [1.29, 1.82) is 0 Å². The molecule has 0 bridgehead atoms. The number of amides is 1. The Morgan fingerprint density at radius 2 is 1.90 bits per heavy atom. The third-order valence-corrected chi connectivity index (χ3v) is 4.01. The van der Waals surface area contributed by atoms with E-state index >= 15 is 0 Å². The van der Waals surface area contributed by atoms with Crippen LogP contribution in [0.2, 0.25) is 0 Å². The summed E-state index contributed by atoms with van der Waals surface area (Å²) < 4.78 is 0. The standard InChI is InChI=1S/C15H28N4O2/c1-9(2)8-13(14(19-17)10(3)20)18-15(21)11-6-4-5-7-12(11)16/h9,11-13H,4-8,16-17H2,1-3H3,(H,18,21)/t11-,12+,13?/m1/s1. The zero-order valence-electron chi connectivity index (χ0n) is 13.3. The number of rotatable bonds is 6. The SMILES string of the molecule is CC(=O)C(=NN)C(CC(C)C)NC(=O)[C@@H]1CCCC[C@@H]1N. The molecule has 1 unspecified atom stereocenters. The van der Waals surface area contributed by atoms with Crippen molar-refractivity contribution in [3.05, 3.63) is 0 Å². The van der Waals surface area contributed by atoms with Crippen molar-refractivity contribution in [2.24, 2.45) is 28.5 Å². The van der Waals surface area contributed by atoms with Gasteiger partial charge in [-0.05, 0) is 25.2 Å². The summed E-state index contributed by atoms with van der Waals surface area (Å²) in [5, 5.41) is 6.51. The van der Waals surface area contributed by atoms with Gasteiger partial charge in [-0.3, -0.25) is 9.59 Å². The molecule has 6 heteroatoms. The second kappa shape index (κ2) is 8.12. The van der Waals surface area contributed by atoms with Crippen LogP contribution in [0.25, 0.3) is 0 Å². The summed E-state index contributed by atoms with van der Waals surface area (Å²) in [6.07, 6.45) is 4.39. The first-order valence-corrected chi connectivity index (χ1v) is 7.71. The number of nitrogens with one attached hydrogen (secondary N) is 1. The van der Waals surface area contributed by atoms with Crippen LogP contribution in [-0.2, 0) is 9.59 Å². The summed E-state index contributed by atoms with van der Waals surface area (Å²) in [5.41, 5.74) is 6.27. The minimum Gasteiger partial charge on any atom is -0.347 e. The maximum atomic E-state index is 12.4. The van der Waals surface area contributed by atoms with Crippen LogP contribution >= 0.6 is 0 Å². The van der Waals surface area contributed by atoms with Gasteiger partial charge in [0.05, 0.1) is 12.0 Å². The van der Waals surface area contributed by atoms with Gasteiger partial charge in [0.15, 0.2) is 5.78 Å². The Balaban J connectivity index is 2.80. The number of nitrogens with zero attached hydrogens (tertiary/aromatic N) is 1. The van der Waals surface area contributed by atoms with E-state index in [2.05, 4.69) is 10.4 Å². The van der Waals surface area contributed by atoms with Crippen LogP contribution < -0.4 is 16.9 Å². The highest BCUT2D eigenvalue weighted by Gasteiger charge is 2.31. The van der Waals surface area contributed by atoms with Crippen LogP contribution in [0.3, 0.4) is 0 Å². The smallest absolute Gasteiger partial charge is 0.225 e. The van der Waals surface area contributed by atoms with Crippen molar-refractivity contribution in [3.63, 3.8) is 0 Å². The van der Waals surface area contributed by atoms with Gasteiger partial charge >= 0.3 is 0 Å². The van der Waals surface area contributed by atoms with Crippen molar-refractivity contribution >= 4 is 17.4 Å². The summed E-state index contributed by atoms with van der Waals surface area (Å²) in [6, 6.07) is -0.539. The lowest BCUT2D eigenvalue weighted by Crippen LogP contribution is -2.50. The van der Waals surface area contributed by atoms with E-state index in [9.17, 15) is 9.59 Å². The predicted molar refractivity (Wildman–Crippen MR) is 83.6 cm³/mol. The molecule has 0 spiro atoms. The van der Waals surface area contributed by atoms with Gasteiger partial charge in [-0.25, -0.2) is 0 Å². The Bertz CT molecular complexity index is 406. The zero-order valence-corrected chi connectivity index (χ0v) is 13.3. The molecule has 0 aromatic rings. The van der Waals surface area contributed by atoms with E-state index in [0.717, 1.165) is 25.7 Å². The summed E-state index contributed by atoms with van der Waals surface area (Å²) in [5.74, 6) is 5.15. The Labute approximate surface area is 126 Å². The van der Waals surface area contributed by atoms with Crippen LogP contribution in [0.5, 0.6) is 0 Å². The van der Waals surface area contributed by atoms with E-state index in [4.69, 9.17) is 11.6 Å². The molecule has 1 aliphatic carbocycles. The molecule has 1 rings (SSSR count). The lowest BCUT2D eigenvalue weighted by atomic mass is 9.84. The Morgan fingerprint density at radius 3 is 2.38 bits per heavy atom. The van der Waals surface area contributed by atoms with Gasteiger partial charge in [0.1, 0.15) is 5.71 Å². The molecule has 0 aliphatic heterocycles. The summed E-state index contributed by atoms with van der Waals surface area (Å²) in [4.78, 5) is 24.1. The average Bonchev–Trinajstić information content (AvgIpc) is 2.38. The maximum absolute atomic E-state index is 12.4.